The predicted octanol–water partition coefficient (Wildman–Crippen LogP) is 7.28. The van der Waals surface area contributed by atoms with E-state index >= 15 is 0 Å². The van der Waals surface area contributed by atoms with E-state index in [-0.39, 0.29) is 0 Å². The summed E-state index contributed by atoms with van der Waals surface area (Å²) in [6, 6.07) is 35.5. The van der Waals surface area contributed by atoms with Crippen LogP contribution in [0.4, 0.5) is 0 Å². The number of fused-ring (bicyclic) bond motifs is 4. The van der Waals surface area contributed by atoms with E-state index < -0.39 is 0 Å². The van der Waals surface area contributed by atoms with E-state index in [1.807, 2.05) is 0 Å². The maximum atomic E-state index is 2.31. The molecule has 4 aromatic rings. The zero-order valence-corrected chi connectivity index (χ0v) is 16.8. The Morgan fingerprint density at radius 2 is 0.733 bits per heavy atom. The highest BCUT2D eigenvalue weighted by Gasteiger charge is 2.25. The first kappa shape index (κ1) is 17.2. The van der Waals surface area contributed by atoms with Crippen LogP contribution >= 0.6 is 0 Å². The highest BCUT2D eigenvalue weighted by Crippen LogP contribution is 2.44. The van der Waals surface area contributed by atoms with Gasteiger partial charge in [0.15, 0.2) is 0 Å². The number of hydrogen-bond acceptors (Lipinski definition) is 0. The molecule has 0 spiro atoms. The molecular weight excluding hydrogens is 360 g/mol. The van der Waals surface area contributed by atoms with Crippen LogP contribution in [-0.2, 0) is 12.8 Å². The minimum atomic E-state index is 1.07. The Morgan fingerprint density at radius 1 is 0.367 bits per heavy atom. The minimum Gasteiger partial charge on any atom is -0.0620 e. The van der Waals surface area contributed by atoms with Gasteiger partial charge in [0, 0.05) is 0 Å². The van der Waals surface area contributed by atoms with Crippen LogP contribution in [0.3, 0.4) is 0 Å². The molecule has 0 bridgehead atoms. The van der Waals surface area contributed by atoms with Crippen molar-refractivity contribution in [3.8, 4) is 0 Å². The molecule has 0 radical (unpaired) electrons. The van der Waals surface area contributed by atoms with Crippen molar-refractivity contribution in [3.05, 3.63) is 142 Å². The Labute approximate surface area is 177 Å². The summed E-state index contributed by atoms with van der Waals surface area (Å²) in [6.45, 7) is 0. The quantitative estimate of drug-likeness (QED) is 0.264. The van der Waals surface area contributed by atoms with Crippen molar-refractivity contribution < 1.29 is 0 Å². The molecule has 0 heterocycles. The molecule has 0 heteroatoms. The zero-order valence-electron chi connectivity index (χ0n) is 16.8. The normalized spacial score (nSPS) is 14.1. The first-order chi connectivity index (χ1) is 14.9. The number of hydrogen-bond donors (Lipinski definition) is 0. The summed E-state index contributed by atoms with van der Waals surface area (Å²) in [7, 11) is 0. The van der Waals surface area contributed by atoms with E-state index in [4.69, 9.17) is 0 Å². The van der Waals surface area contributed by atoms with E-state index in [1.54, 1.807) is 0 Å². The lowest BCUT2D eigenvalue weighted by atomic mass is 9.82. The van der Waals surface area contributed by atoms with Crippen LogP contribution in [0.15, 0.2) is 97.1 Å². The fourth-order valence-electron chi connectivity index (χ4n) is 4.98. The second-order valence-electron chi connectivity index (χ2n) is 8.07. The van der Waals surface area contributed by atoms with Gasteiger partial charge in [-0.1, -0.05) is 109 Å². The highest BCUT2D eigenvalue weighted by atomic mass is 14.3. The van der Waals surface area contributed by atoms with Crippen LogP contribution in [0, 0.1) is 0 Å². The van der Waals surface area contributed by atoms with Gasteiger partial charge in [0.05, 0.1) is 0 Å². The molecule has 6 rings (SSSR count). The molecule has 0 aromatic heterocycles. The van der Waals surface area contributed by atoms with Crippen molar-refractivity contribution in [1.29, 1.82) is 0 Å². The van der Waals surface area contributed by atoms with Crippen LogP contribution in [0.25, 0.3) is 23.3 Å². The highest BCUT2D eigenvalue weighted by molar-refractivity contribution is 6.09. The third-order valence-electron chi connectivity index (χ3n) is 6.39. The topological polar surface area (TPSA) is 0 Å². The van der Waals surface area contributed by atoms with Crippen molar-refractivity contribution in [2.75, 3.05) is 0 Å². The van der Waals surface area contributed by atoms with Gasteiger partial charge >= 0.3 is 0 Å². The van der Waals surface area contributed by atoms with E-state index in [0.29, 0.717) is 0 Å². The molecule has 0 amide bonds. The van der Waals surface area contributed by atoms with Gasteiger partial charge < -0.3 is 0 Å². The van der Waals surface area contributed by atoms with E-state index in [1.165, 1.54) is 55.7 Å². The molecule has 0 N–H and O–H groups in total. The van der Waals surface area contributed by atoms with Crippen molar-refractivity contribution in [3.63, 3.8) is 0 Å². The van der Waals surface area contributed by atoms with E-state index in [2.05, 4.69) is 109 Å². The molecule has 0 aliphatic heterocycles. The second kappa shape index (κ2) is 7.00. The van der Waals surface area contributed by atoms with Crippen LogP contribution < -0.4 is 0 Å². The predicted molar refractivity (Wildman–Crippen MR) is 127 cm³/mol. The van der Waals surface area contributed by atoms with Crippen LogP contribution in [0.5, 0.6) is 0 Å². The summed E-state index contributed by atoms with van der Waals surface area (Å²) in [5, 5.41) is 0. The van der Waals surface area contributed by atoms with Gasteiger partial charge in [-0.05, 0) is 68.5 Å². The van der Waals surface area contributed by atoms with Gasteiger partial charge in [-0.3, -0.25) is 0 Å². The summed E-state index contributed by atoms with van der Waals surface area (Å²) < 4.78 is 0. The number of rotatable bonds is 0. The van der Waals surface area contributed by atoms with Gasteiger partial charge in [0.2, 0.25) is 0 Å². The molecule has 0 unspecified atom stereocenters. The first-order valence-electron chi connectivity index (χ1n) is 10.7. The Bertz CT molecular complexity index is 1230. The van der Waals surface area contributed by atoms with E-state index in [9.17, 15) is 0 Å². The van der Waals surface area contributed by atoms with Crippen LogP contribution in [-0.4, -0.2) is 0 Å². The van der Waals surface area contributed by atoms with Gasteiger partial charge in [-0.25, -0.2) is 0 Å². The summed E-state index contributed by atoms with van der Waals surface area (Å²) in [4.78, 5) is 0. The van der Waals surface area contributed by atoms with Crippen molar-refractivity contribution >= 4 is 23.3 Å². The Hall–Kier alpha value is -3.64. The summed E-state index contributed by atoms with van der Waals surface area (Å²) in [6.07, 6.45) is 6.67. The summed E-state index contributed by atoms with van der Waals surface area (Å²) in [5.41, 5.74) is 13.5. The molecule has 2 aliphatic carbocycles. The largest absolute Gasteiger partial charge is 0.0620 e. The van der Waals surface area contributed by atoms with Crippen LogP contribution in [0.1, 0.15) is 44.5 Å². The monoisotopic (exact) mass is 382 g/mol. The molecule has 0 saturated carbocycles. The minimum absolute atomic E-state index is 1.07. The van der Waals surface area contributed by atoms with Crippen molar-refractivity contribution in [2.45, 2.75) is 12.8 Å². The molecule has 0 atom stereocenters. The number of aryl methyl sites for hydroxylation is 2. The average Bonchev–Trinajstić information content (AvgIpc) is 3.07. The molecule has 0 saturated heterocycles. The standard InChI is InChI=1S/C30H22/c1-5-13-25-21(9-1)17-18-22-10-2-6-14-26(22)29(25)30-27-15-7-3-11-23(27)19-20-24-12-4-8-16-28(24)30/h1-18H,19-20H2. The van der Waals surface area contributed by atoms with E-state index in [0.717, 1.165) is 12.8 Å². The maximum absolute atomic E-state index is 2.31. The Balaban J connectivity index is 1.83. The van der Waals surface area contributed by atoms with Gasteiger partial charge in [-0.2, -0.15) is 0 Å². The summed E-state index contributed by atoms with van der Waals surface area (Å²) >= 11 is 0. The second-order valence-corrected chi connectivity index (χ2v) is 8.07. The summed E-state index contributed by atoms with van der Waals surface area (Å²) in [5.74, 6) is 0. The fourth-order valence-corrected chi connectivity index (χ4v) is 4.98. The molecule has 2 aliphatic rings. The molecular formula is C30H22. The van der Waals surface area contributed by atoms with Crippen molar-refractivity contribution in [1.82, 2.24) is 0 Å². The smallest absolute Gasteiger partial charge is 0.00146 e. The zero-order chi connectivity index (χ0) is 19.9. The third-order valence-corrected chi connectivity index (χ3v) is 6.39. The SMILES string of the molecule is C1=Cc2ccccc2C(=C2c3ccccc3CCc3ccccc32)c2ccccc21. The molecule has 0 nitrogen and oxygen atoms in total. The Kier molecular flexibility index (Phi) is 4.02. The lowest BCUT2D eigenvalue weighted by Crippen LogP contribution is -2.01. The van der Waals surface area contributed by atoms with Gasteiger partial charge in [-0.15, -0.1) is 0 Å². The molecule has 4 aromatic carbocycles. The fraction of sp³-hybridized carbons (Fsp3) is 0.0667. The molecule has 142 valence electrons. The molecule has 0 fully saturated rings. The number of benzene rings is 4. The van der Waals surface area contributed by atoms with Gasteiger partial charge in [0.1, 0.15) is 0 Å². The van der Waals surface area contributed by atoms with Gasteiger partial charge in [0.25, 0.3) is 0 Å². The lowest BCUT2D eigenvalue weighted by molar-refractivity contribution is 0.965. The average molecular weight is 383 g/mol. The van der Waals surface area contributed by atoms with Crippen molar-refractivity contribution in [2.24, 2.45) is 0 Å². The van der Waals surface area contributed by atoms with Crippen LogP contribution in [0.2, 0.25) is 0 Å². The third kappa shape index (κ3) is 2.69. The maximum Gasteiger partial charge on any atom is -0.00146 e. The lowest BCUT2D eigenvalue weighted by Gasteiger charge is -2.21. The Morgan fingerprint density at radius 3 is 1.23 bits per heavy atom. The first-order valence-corrected chi connectivity index (χ1v) is 10.7. The molecule has 30 heavy (non-hydrogen) atoms.